The molecule has 0 bridgehead atoms. The molecule has 0 unspecified atom stereocenters. The Balaban J connectivity index is 1.69. The molecule has 0 amide bonds. The molecule has 0 saturated heterocycles. The Bertz CT molecular complexity index is 1720. The Kier molecular flexibility index (Phi) is 9.70. The number of hydrogen-bond acceptors (Lipinski definition) is 9. The van der Waals surface area contributed by atoms with Gasteiger partial charge in [-0.05, 0) is 43.2 Å². The second kappa shape index (κ2) is 13.1. The molecule has 228 valence electrons. The van der Waals surface area contributed by atoms with E-state index in [0.717, 1.165) is 24.3 Å². The zero-order valence-corrected chi connectivity index (χ0v) is 25.5. The van der Waals surface area contributed by atoms with Crippen LogP contribution in [0.2, 0.25) is 0 Å². The summed E-state index contributed by atoms with van der Waals surface area (Å²) in [4.78, 5) is 24.2. The summed E-state index contributed by atoms with van der Waals surface area (Å²) in [5.74, 6) is -3.56. The molecule has 0 aliphatic rings. The summed E-state index contributed by atoms with van der Waals surface area (Å²) < 4.78 is 76.8. The van der Waals surface area contributed by atoms with Crippen LogP contribution in [0.1, 0.15) is 45.0 Å². The van der Waals surface area contributed by atoms with Crippen molar-refractivity contribution in [2.75, 3.05) is 23.7 Å². The fourth-order valence-corrected chi connectivity index (χ4v) is 6.30. The highest BCUT2D eigenvalue weighted by molar-refractivity contribution is 7.92. The first-order valence-corrected chi connectivity index (χ1v) is 15.5. The lowest BCUT2D eigenvalue weighted by Gasteiger charge is -2.14. The summed E-state index contributed by atoms with van der Waals surface area (Å²) in [6, 6.07) is 8.27. The lowest BCUT2D eigenvalue weighted by atomic mass is 9.98. The summed E-state index contributed by atoms with van der Waals surface area (Å²) >= 11 is 1.30. The highest BCUT2D eigenvalue weighted by Gasteiger charge is 2.28. The number of methoxy groups -OCH3 is 1. The van der Waals surface area contributed by atoms with Gasteiger partial charge in [0.2, 0.25) is 5.95 Å². The molecule has 2 N–H and O–H groups in total. The van der Waals surface area contributed by atoms with Gasteiger partial charge in [0.05, 0.1) is 34.1 Å². The minimum absolute atomic E-state index is 0.0353. The first kappa shape index (κ1) is 31.9. The maximum absolute atomic E-state index is 16.0. The fraction of sp³-hybridized carbons (Fsp3) is 0.310. The quantitative estimate of drug-likeness (QED) is 0.141. The van der Waals surface area contributed by atoms with Crippen LogP contribution in [-0.4, -0.2) is 43.0 Å². The maximum atomic E-state index is 16.0. The van der Waals surface area contributed by atoms with Crippen molar-refractivity contribution in [3.63, 3.8) is 0 Å². The van der Waals surface area contributed by atoms with E-state index in [0.29, 0.717) is 47.3 Å². The number of benzene rings is 2. The number of carbonyl (C=O) groups is 1. The van der Waals surface area contributed by atoms with Gasteiger partial charge in [0.1, 0.15) is 11.6 Å². The molecule has 2 aromatic heterocycles. The van der Waals surface area contributed by atoms with Crippen LogP contribution in [0.15, 0.2) is 53.6 Å². The molecule has 2 aromatic carbocycles. The first-order valence-electron chi connectivity index (χ1n) is 13.2. The van der Waals surface area contributed by atoms with Gasteiger partial charge in [0.15, 0.2) is 10.7 Å². The van der Waals surface area contributed by atoms with E-state index in [-0.39, 0.29) is 17.2 Å². The second-order valence-corrected chi connectivity index (χ2v) is 13.1. The van der Waals surface area contributed by atoms with E-state index in [1.54, 1.807) is 12.3 Å². The van der Waals surface area contributed by atoms with E-state index in [1.807, 2.05) is 25.5 Å². The molecular weight excluding hydrogens is 603 g/mol. The Morgan fingerprint density at radius 3 is 2.37 bits per heavy atom. The number of aromatic nitrogens is 3. The molecule has 4 rings (SSSR count). The van der Waals surface area contributed by atoms with Crippen LogP contribution >= 0.6 is 11.3 Å². The largest absolute Gasteiger partial charge is 0.469 e. The molecule has 0 atom stereocenters. The average molecular weight is 634 g/mol. The lowest BCUT2D eigenvalue weighted by Crippen LogP contribution is -2.17. The summed E-state index contributed by atoms with van der Waals surface area (Å²) in [6.07, 6.45) is 3.14. The number of hydrogen-bond donors (Lipinski definition) is 2. The first-order chi connectivity index (χ1) is 20.3. The van der Waals surface area contributed by atoms with Gasteiger partial charge < -0.3 is 10.1 Å². The third kappa shape index (κ3) is 7.49. The van der Waals surface area contributed by atoms with Gasteiger partial charge in [-0.1, -0.05) is 32.9 Å². The molecule has 0 aliphatic heterocycles. The van der Waals surface area contributed by atoms with Crippen molar-refractivity contribution in [1.82, 2.24) is 15.0 Å². The van der Waals surface area contributed by atoms with E-state index < -0.39 is 43.5 Å². The van der Waals surface area contributed by atoms with Crippen LogP contribution < -0.4 is 10.0 Å². The van der Waals surface area contributed by atoms with Crippen molar-refractivity contribution in [1.29, 1.82) is 0 Å². The number of nitrogens with zero attached hydrogens (tertiary/aromatic N) is 3. The molecule has 0 spiro atoms. The highest BCUT2D eigenvalue weighted by atomic mass is 32.2. The van der Waals surface area contributed by atoms with Crippen molar-refractivity contribution in [2.45, 2.75) is 50.3 Å². The van der Waals surface area contributed by atoms with Gasteiger partial charge in [-0.25, -0.2) is 36.5 Å². The number of ether oxygens (including phenoxy) is 1. The molecule has 0 saturated carbocycles. The number of nitrogens with one attached hydrogen (secondary N) is 2. The van der Waals surface area contributed by atoms with Crippen LogP contribution in [-0.2, 0) is 25.0 Å². The molecule has 2 heterocycles. The summed E-state index contributed by atoms with van der Waals surface area (Å²) in [7, 11) is -3.47. The van der Waals surface area contributed by atoms with Gasteiger partial charge in [0.25, 0.3) is 10.0 Å². The van der Waals surface area contributed by atoms with Crippen molar-refractivity contribution in [3.05, 3.63) is 71.1 Å². The van der Waals surface area contributed by atoms with Crippen LogP contribution in [0, 0.1) is 17.5 Å². The van der Waals surface area contributed by atoms with Crippen molar-refractivity contribution < 1.29 is 31.1 Å². The Labute approximate surface area is 251 Å². The number of anilines is 2. The van der Waals surface area contributed by atoms with E-state index >= 15 is 4.39 Å². The molecule has 0 fully saturated rings. The van der Waals surface area contributed by atoms with Crippen LogP contribution in [0.5, 0.6) is 0 Å². The van der Waals surface area contributed by atoms with Crippen molar-refractivity contribution >= 4 is 39.0 Å². The molecule has 0 radical (unpaired) electrons. The molecule has 9 nitrogen and oxygen atoms in total. The summed E-state index contributed by atoms with van der Waals surface area (Å²) in [6.45, 7) is 6.35. The topological polar surface area (TPSA) is 123 Å². The third-order valence-electron chi connectivity index (χ3n) is 6.16. The number of carbonyl (C=O) groups excluding carboxylic acids is 1. The van der Waals surface area contributed by atoms with Gasteiger partial charge >= 0.3 is 5.97 Å². The summed E-state index contributed by atoms with van der Waals surface area (Å²) in [5, 5.41) is 3.78. The predicted octanol–water partition coefficient (Wildman–Crippen LogP) is 6.54. The Morgan fingerprint density at radius 1 is 1.00 bits per heavy atom. The second-order valence-electron chi connectivity index (χ2n) is 10.5. The zero-order chi connectivity index (χ0) is 31.4. The lowest BCUT2D eigenvalue weighted by molar-refractivity contribution is -0.140. The Hall–Kier alpha value is -4.04. The van der Waals surface area contributed by atoms with E-state index in [2.05, 4.69) is 20.0 Å². The number of sulfonamides is 1. The third-order valence-corrected chi connectivity index (χ3v) is 9.08. The van der Waals surface area contributed by atoms with E-state index in [1.165, 1.54) is 30.6 Å². The van der Waals surface area contributed by atoms with Crippen molar-refractivity contribution in [3.8, 4) is 21.8 Å². The van der Waals surface area contributed by atoms with Gasteiger partial charge in [-0.3, -0.25) is 9.52 Å². The van der Waals surface area contributed by atoms with E-state index in [9.17, 15) is 22.0 Å². The minimum Gasteiger partial charge on any atom is -0.469 e. The average Bonchev–Trinajstić information content (AvgIpc) is 3.40. The van der Waals surface area contributed by atoms with Gasteiger partial charge in [-0.2, -0.15) is 0 Å². The minimum atomic E-state index is -4.81. The number of unbranched alkanes of at least 4 members (excludes halogenated alkanes) is 1. The maximum Gasteiger partial charge on any atom is 0.305 e. The SMILES string of the molecule is COC(=O)CCCCNc1nccc(-c2sc(C(C)(C)C)nc2-c2cccc(NS(=O)(=O)c3c(F)cccc3F)c2F)n1. The molecule has 4 aromatic rings. The van der Waals surface area contributed by atoms with E-state index in [4.69, 9.17) is 4.98 Å². The number of esters is 1. The number of thiazole rings is 1. The number of halogens is 3. The van der Waals surface area contributed by atoms with Gasteiger partial charge in [0, 0.05) is 30.1 Å². The van der Waals surface area contributed by atoms with Crippen LogP contribution in [0.4, 0.5) is 24.8 Å². The predicted molar refractivity (Wildman–Crippen MR) is 159 cm³/mol. The summed E-state index contributed by atoms with van der Waals surface area (Å²) in [5.41, 5.74) is -0.286. The highest BCUT2D eigenvalue weighted by Crippen LogP contribution is 2.42. The Morgan fingerprint density at radius 2 is 1.70 bits per heavy atom. The molecular formula is C29H30F3N5O4S2. The molecule has 0 aliphatic carbocycles. The normalized spacial score (nSPS) is 11.8. The standard InChI is InChI=1S/C29H30F3N5O4S2/c1-29(2,3)27-36-24(25(42-27)21-14-16-34-28(35-21)33-15-6-5-13-22(38)41-4)17-9-7-12-20(23(17)32)37-43(39,40)26-18(30)10-8-11-19(26)31/h7-12,14,16,37H,5-6,13,15H2,1-4H3,(H,33,34,35). The zero-order valence-electron chi connectivity index (χ0n) is 23.9. The van der Waals surface area contributed by atoms with Gasteiger partial charge in [-0.15, -0.1) is 11.3 Å². The van der Waals surface area contributed by atoms with Crippen LogP contribution in [0.3, 0.4) is 0 Å². The molecule has 43 heavy (non-hydrogen) atoms. The van der Waals surface area contributed by atoms with Crippen LogP contribution in [0.25, 0.3) is 21.8 Å². The monoisotopic (exact) mass is 633 g/mol. The molecule has 14 heteroatoms. The number of rotatable bonds is 11. The smallest absolute Gasteiger partial charge is 0.305 e. The van der Waals surface area contributed by atoms with Crippen molar-refractivity contribution in [2.24, 2.45) is 0 Å². The fourth-order valence-electron chi connectivity index (χ4n) is 3.99.